The molecule has 138 valence electrons. The van der Waals surface area contributed by atoms with Gasteiger partial charge in [0.15, 0.2) is 0 Å². The molecule has 0 aromatic carbocycles. The smallest absolute Gasteiger partial charge is 0.410 e. The minimum absolute atomic E-state index is 0.172. The van der Waals surface area contributed by atoms with E-state index in [1.807, 2.05) is 31.7 Å². The van der Waals surface area contributed by atoms with Crippen LogP contribution in [0.5, 0.6) is 0 Å². The van der Waals surface area contributed by atoms with Crippen molar-refractivity contribution in [1.82, 2.24) is 9.88 Å². The zero-order valence-corrected chi connectivity index (χ0v) is 16.1. The van der Waals surface area contributed by atoms with Gasteiger partial charge >= 0.3 is 6.09 Å². The van der Waals surface area contributed by atoms with Gasteiger partial charge in [-0.2, -0.15) is 0 Å². The van der Waals surface area contributed by atoms with E-state index in [0.717, 1.165) is 37.9 Å². The summed E-state index contributed by atoms with van der Waals surface area (Å²) in [7, 11) is 0. The van der Waals surface area contributed by atoms with E-state index >= 15 is 0 Å². The van der Waals surface area contributed by atoms with E-state index in [-0.39, 0.29) is 12.1 Å². The molecule has 1 saturated heterocycles. The Kier molecular flexibility index (Phi) is 5.42. The lowest BCUT2D eigenvalue weighted by atomic mass is 9.92. The number of aromatic nitrogens is 1. The monoisotopic (exact) mass is 365 g/mol. The van der Waals surface area contributed by atoms with E-state index in [1.54, 1.807) is 12.3 Å². The van der Waals surface area contributed by atoms with Crippen molar-refractivity contribution in [3.05, 3.63) is 23.5 Å². The highest BCUT2D eigenvalue weighted by Crippen LogP contribution is 2.37. The second-order valence-corrected chi connectivity index (χ2v) is 8.49. The van der Waals surface area contributed by atoms with Crippen LogP contribution in [0.2, 0.25) is 5.15 Å². The molecular formula is C19H28ClN3O2. The molecule has 1 N–H and O–H groups in total. The van der Waals surface area contributed by atoms with E-state index in [0.29, 0.717) is 17.1 Å². The Morgan fingerprint density at radius 3 is 2.76 bits per heavy atom. The number of halogens is 1. The average molecular weight is 366 g/mol. The van der Waals surface area contributed by atoms with Crippen molar-refractivity contribution >= 4 is 23.4 Å². The first-order valence-corrected chi connectivity index (χ1v) is 9.59. The molecule has 1 aromatic heterocycles. The van der Waals surface area contributed by atoms with Crippen LogP contribution in [-0.4, -0.2) is 40.2 Å². The molecule has 3 atom stereocenters. The standard InChI is InChI=1S/C19H28ClN3O2/c1-19(2,3)25-18(24)23-11-5-8-16(23)14-6-4-7-15(14)22-13-9-10-17(20)21-12-13/h9-10,12,14-16,22H,4-8,11H2,1-3H3. The van der Waals surface area contributed by atoms with Crippen molar-refractivity contribution in [2.75, 3.05) is 11.9 Å². The number of carbonyl (C=O) groups is 1. The number of anilines is 1. The second kappa shape index (κ2) is 7.40. The second-order valence-electron chi connectivity index (χ2n) is 8.10. The summed E-state index contributed by atoms with van der Waals surface area (Å²) in [6.45, 7) is 6.56. The lowest BCUT2D eigenvalue weighted by Crippen LogP contribution is -2.46. The fourth-order valence-corrected chi connectivity index (χ4v) is 4.20. The number of pyridine rings is 1. The maximum Gasteiger partial charge on any atom is 0.410 e. The van der Waals surface area contributed by atoms with Gasteiger partial charge in [0, 0.05) is 18.6 Å². The van der Waals surface area contributed by atoms with Gasteiger partial charge in [0.1, 0.15) is 10.8 Å². The normalized spacial score (nSPS) is 26.7. The minimum Gasteiger partial charge on any atom is -0.444 e. The Balaban J connectivity index is 1.68. The summed E-state index contributed by atoms with van der Waals surface area (Å²) < 4.78 is 5.62. The Morgan fingerprint density at radius 1 is 1.28 bits per heavy atom. The van der Waals surface area contributed by atoms with Crippen LogP contribution in [0.15, 0.2) is 18.3 Å². The molecule has 2 fully saturated rings. The summed E-state index contributed by atoms with van der Waals surface area (Å²) in [5, 5.41) is 4.10. The Labute approximate surface area is 155 Å². The number of likely N-dealkylation sites (tertiary alicyclic amines) is 1. The van der Waals surface area contributed by atoms with Gasteiger partial charge in [-0.15, -0.1) is 0 Å². The third-order valence-electron chi connectivity index (χ3n) is 5.07. The van der Waals surface area contributed by atoms with Crippen LogP contribution in [-0.2, 0) is 4.74 Å². The number of nitrogens with one attached hydrogen (secondary N) is 1. The average Bonchev–Trinajstić information content (AvgIpc) is 3.16. The first-order valence-electron chi connectivity index (χ1n) is 9.21. The Morgan fingerprint density at radius 2 is 2.08 bits per heavy atom. The molecule has 1 amide bonds. The lowest BCUT2D eigenvalue weighted by molar-refractivity contribution is 0.0175. The third-order valence-corrected chi connectivity index (χ3v) is 5.29. The molecule has 25 heavy (non-hydrogen) atoms. The van der Waals surface area contributed by atoms with Crippen LogP contribution in [0.25, 0.3) is 0 Å². The maximum absolute atomic E-state index is 12.6. The number of ether oxygens (including phenoxy) is 1. The van der Waals surface area contributed by atoms with Crippen molar-refractivity contribution in [3.63, 3.8) is 0 Å². The topological polar surface area (TPSA) is 54.5 Å². The van der Waals surface area contributed by atoms with Crippen LogP contribution in [0.3, 0.4) is 0 Å². The molecule has 1 aliphatic heterocycles. The van der Waals surface area contributed by atoms with E-state index in [9.17, 15) is 4.79 Å². The fourth-order valence-electron chi connectivity index (χ4n) is 4.09. The molecule has 1 saturated carbocycles. The summed E-state index contributed by atoms with van der Waals surface area (Å²) in [5.74, 6) is 0.450. The van der Waals surface area contributed by atoms with Gasteiger partial charge in [-0.1, -0.05) is 18.0 Å². The van der Waals surface area contributed by atoms with Gasteiger partial charge in [-0.05, 0) is 64.5 Å². The first-order chi connectivity index (χ1) is 11.8. The fraction of sp³-hybridized carbons (Fsp3) is 0.684. The molecule has 5 nitrogen and oxygen atoms in total. The van der Waals surface area contributed by atoms with Gasteiger partial charge in [0.25, 0.3) is 0 Å². The Bertz CT molecular complexity index is 600. The Hall–Kier alpha value is -1.49. The lowest BCUT2D eigenvalue weighted by Gasteiger charge is -2.34. The first kappa shape index (κ1) is 18.3. The molecule has 3 unspecified atom stereocenters. The zero-order valence-electron chi connectivity index (χ0n) is 15.3. The minimum atomic E-state index is -0.452. The van der Waals surface area contributed by atoms with Gasteiger partial charge < -0.3 is 15.0 Å². The SMILES string of the molecule is CC(C)(C)OC(=O)N1CCCC1C1CCCC1Nc1ccc(Cl)nc1. The quantitative estimate of drug-likeness (QED) is 0.788. The van der Waals surface area contributed by atoms with E-state index in [1.165, 1.54) is 6.42 Å². The van der Waals surface area contributed by atoms with Crippen molar-refractivity contribution < 1.29 is 9.53 Å². The number of amides is 1. The van der Waals surface area contributed by atoms with Crippen molar-refractivity contribution in [3.8, 4) is 0 Å². The van der Waals surface area contributed by atoms with Crippen LogP contribution in [0.1, 0.15) is 52.9 Å². The number of nitrogens with zero attached hydrogens (tertiary/aromatic N) is 2. The predicted molar refractivity (Wildman–Crippen MR) is 100.0 cm³/mol. The highest BCUT2D eigenvalue weighted by atomic mass is 35.5. The van der Waals surface area contributed by atoms with Crippen LogP contribution in [0, 0.1) is 5.92 Å². The molecule has 0 radical (unpaired) electrons. The van der Waals surface area contributed by atoms with Crippen molar-refractivity contribution in [1.29, 1.82) is 0 Å². The van der Waals surface area contributed by atoms with Gasteiger partial charge in [0.2, 0.25) is 0 Å². The molecule has 0 spiro atoms. The predicted octanol–water partition coefficient (Wildman–Crippen LogP) is 4.72. The van der Waals surface area contributed by atoms with E-state index < -0.39 is 5.60 Å². The summed E-state index contributed by atoms with van der Waals surface area (Å²) in [6.07, 6.45) is 7.15. The van der Waals surface area contributed by atoms with E-state index in [4.69, 9.17) is 16.3 Å². The third kappa shape index (κ3) is 4.57. The molecular weight excluding hydrogens is 338 g/mol. The highest BCUT2D eigenvalue weighted by Gasteiger charge is 2.42. The number of rotatable bonds is 3. The summed E-state index contributed by atoms with van der Waals surface area (Å²) in [5.41, 5.74) is 0.537. The van der Waals surface area contributed by atoms with Crippen LogP contribution >= 0.6 is 11.6 Å². The highest BCUT2D eigenvalue weighted by molar-refractivity contribution is 6.29. The van der Waals surface area contributed by atoms with Gasteiger partial charge in [0.05, 0.1) is 11.9 Å². The molecule has 1 aromatic rings. The summed E-state index contributed by atoms with van der Waals surface area (Å²) in [6, 6.07) is 4.38. The van der Waals surface area contributed by atoms with Gasteiger partial charge in [-0.25, -0.2) is 9.78 Å². The molecule has 3 rings (SSSR count). The summed E-state index contributed by atoms with van der Waals surface area (Å²) in [4.78, 5) is 18.7. The largest absolute Gasteiger partial charge is 0.444 e. The number of hydrogen-bond acceptors (Lipinski definition) is 4. The maximum atomic E-state index is 12.6. The molecule has 6 heteroatoms. The zero-order chi connectivity index (χ0) is 18.0. The van der Waals surface area contributed by atoms with E-state index in [2.05, 4.69) is 10.3 Å². The molecule has 1 aliphatic carbocycles. The van der Waals surface area contributed by atoms with Gasteiger partial charge in [-0.3, -0.25) is 0 Å². The van der Waals surface area contributed by atoms with Crippen LogP contribution < -0.4 is 5.32 Å². The molecule has 2 aliphatic rings. The van der Waals surface area contributed by atoms with Crippen molar-refractivity contribution in [2.45, 2.75) is 70.6 Å². The van der Waals surface area contributed by atoms with Crippen molar-refractivity contribution in [2.24, 2.45) is 5.92 Å². The molecule has 0 bridgehead atoms. The number of hydrogen-bond donors (Lipinski definition) is 1. The molecule has 2 heterocycles. The van der Waals surface area contributed by atoms with Crippen LogP contribution in [0.4, 0.5) is 10.5 Å². The summed E-state index contributed by atoms with van der Waals surface area (Å²) >= 11 is 5.87. The number of carbonyl (C=O) groups excluding carboxylic acids is 1.